The van der Waals surface area contributed by atoms with E-state index in [9.17, 15) is 0 Å². The van der Waals surface area contributed by atoms with Gasteiger partial charge in [-0.1, -0.05) is 30.3 Å². The van der Waals surface area contributed by atoms with E-state index in [0.717, 1.165) is 18.8 Å². The fraction of sp³-hybridized carbons (Fsp3) is 0.500. The molecule has 2 aromatic rings. The monoisotopic (exact) mass is 315 g/mol. The Balaban J connectivity index is 1.47. The SMILES string of the molecule is Cc1csc(CN[C@H]2CCN(Cc3ccccc3)[C@H](C)C2)n1. The lowest BCUT2D eigenvalue weighted by Crippen LogP contribution is -2.46. The van der Waals surface area contributed by atoms with Crippen LogP contribution in [0, 0.1) is 6.92 Å². The fourth-order valence-electron chi connectivity index (χ4n) is 3.17. The molecule has 1 N–H and O–H groups in total. The molecule has 1 saturated heterocycles. The van der Waals surface area contributed by atoms with Gasteiger partial charge in [0.2, 0.25) is 0 Å². The second kappa shape index (κ2) is 7.36. The second-order valence-electron chi connectivity index (χ2n) is 6.29. The van der Waals surface area contributed by atoms with Crippen LogP contribution in [-0.2, 0) is 13.1 Å². The molecule has 1 fully saturated rings. The lowest BCUT2D eigenvalue weighted by molar-refractivity contribution is 0.128. The van der Waals surface area contributed by atoms with E-state index in [2.05, 4.69) is 64.8 Å². The van der Waals surface area contributed by atoms with Crippen molar-refractivity contribution in [2.45, 2.75) is 51.9 Å². The van der Waals surface area contributed by atoms with Gasteiger partial charge in [-0.15, -0.1) is 11.3 Å². The molecule has 1 aromatic carbocycles. The van der Waals surface area contributed by atoms with Gasteiger partial charge in [-0.25, -0.2) is 4.98 Å². The van der Waals surface area contributed by atoms with Crippen molar-refractivity contribution in [2.24, 2.45) is 0 Å². The summed E-state index contributed by atoms with van der Waals surface area (Å²) >= 11 is 1.76. The van der Waals surface area contributed by atoms with Gasteiger partial charge >= 0.3 is 0 Å². The minimum atomic E-state index is 0.617. The zero-order valence-electron chi connectivity index (χ0n) is 13.5. The van der Waals surface area contributed by atoms with Crippen LogP contribution in [0.5, 0.6) is 0 Å². The number of rotatable bonds is 5. The first-order valence-electron chi connectivity index (χ1n) is 8.13. The topological polar surface area (TPSA) is 28.2 Å². The smallest absolute Gasteiger partial charge is 0.107 e. The Morgan fingerprint density at radius 1 is 1.32 bits per heavy atom. The van der Waals surface area contributed by atoms with Crippen molar-refractivity contribution >= 4 is 11.3 Å². The molecule has 1 aromatic heterocycles. The number of benzene rings is 1. The van der Waals surface area contributed by atoms with Gasteiger partial charge in [-0.3, -0.25) is 4.90 Å². The standard InChI is InChI=1S/C18H25N3S/c1-14-13-22-18(20-14)11-19-17-8-9-21(15(2)10-17)12-16-6-4-3-5-7-16/h3-7,13,15,17,19H,8-12H2,1-2H3/t15-,17+/m1/s1. The molecule has 2 heterocycles. The molecule has 22 heavy (non-hydrogen) atoms. The molecule has 0 saturated carbocycles. The van der Waals surface area contributed by atoms with Gasteiger partial charge in [-0.05, 0) is 32.3 Å². The number of hydrogen-bond acceptors (Lipinski definition) is 4. The number of nitrogens with zero attached hydrogens (tertiary/aromatic N) is 2. The average Bonchev–Trinajstić information content (AvgIpc) is 2.94. The lowest BCUT2D eigenvalue weighted by atomic mass is 9.97. The van der Waals surface area contributed by atoms with Gasteiger partial charge in [0.05, 0.1) is 0 Å². The van der Waals surface area contributed by atoms with E-state index in [0.29, 0.717) is 12.1 Å². The first-order valence-corrected chi connectivity index (χ1v) is 9.01. The molecule has 2 atom stereocenters. The van der Waals surface area contributed by atoms with Crippen molar-refractivity contribution in [3.8, 4) is 0 Å². The third-order valence-electron chi connectivity index (χ3n) is 4.45. The predicted molar refractivity (Wildman–Crippen MR) is 93.0 cm³/mol. The number of nitrogens with one attached hydrogen (secondary N) is 1. The van der Waals surface area contributed by atoms with Crippen LogP contribution in [0.2, 0.25) is 0 Å². The van der Waals surface area contributed by atoms with E-state index in [1.807, 2.05) is 0 Å². The molecular formula is C18H25N3S. The summed E-state index contributed by atoms with van der Waals surface area (Å²) in [6.45, 7) is 7.56. The van der Waals surface area contributed by atoms with Crippen LogP contribution < -0.4 is 5.32 Å². The third-order valence-corrected chi connectivity index (χ3v) is 5.42. The molecule has 0 bridgehead atoms. The zero-order chi connectivity index (χ0) is 15.4. The Hall–Kier alpha value is -1.23. The lowest BCUT2D eigenvalue weighted by Gasteiger charge is -2.38. The van der Waals surface area contributed by atoms with E-state index in [1.165, 1.54) is 30.0 Å². The molecule has 0 amide bonds. The maximum atomic E-state index is 4.53. The summed E-state index contributed by atoms with van der Waals surface area (Å²) in [4.78, 5) is 7.13. The highest BCUT2D eigenvalue weighted by Crippen LogP contribution is 2.20. The zero-order valence-corrected chi connectivity index (χ0v) is 14.3. The Morgan fingerprint density at radius 2 is 2.14 bits per heavy atom. The van der Waals surface area contributed by atoms with Crippen molar-refractivity contribution in [2.75, 3.05) is 6.54 Å². The van der Waals surface area contributed by atoms with Crippen LogP contribution in [0.15, 0.2) is 35.7 Å². The predicted octanol–water partition coefficient (Wildman–Crippen LogP) is 3.59. The van der Waals surface area contributed by atoms with Crippen molar-refractivity contribution in [1.82, 2.24) is 15.2 Å². The van der Waals surface area contributed by atoms with E-state index in [-0.39, 0.29) is 0 Å². The van der Waals surface area contributed by atoms with Crippen LogP contribution in [-0.4, -0.2) is 28.5 Å². The molecule has 0 spiro atoms. The molecule has 4 heteroatoms. The van der Waals surface area contributed by atoms with Gasteiger partial charge in [0.15, 0.2) is 0 Å². The number of aryl methyl sites for hydroxylation is 1. The number of hydrogen-bond donors (Lipinski definition) is 1. The highest BCUT2D eigenvalue weighted by Gasteiger charge is 2.25. The minimum absolute atomic E-state index is 0.617. The Bertz CT molecular complexity index is 581. The molecule has 3 nitrogen and oxygen atoms in total. The Kier molecular flexibility index (Phi) is 5.24. The van der Waals surface area contributed by atoms with E-state index >= 15 is 0 Å². The van der Waals surface area contributed by atoms with Crippen LogP contribution in [0.4, 0.5) is 0 Å². The first-order chi connectivity index (χ1) is 10.7. The van der Waals surface area contributed by atoms with Crippen LogP contribution >= 0.6 is 11.3 Å². The number of piperidine rings is 1. The Morgan fingerprint density at radius 3 is 2.82 bits per heavy atom. The summed E-state index contributed by atoms with van der Waals surface area (Å²) < 4.78 is 0. The maximum absolute atomic E-state index is 4.53. The molecular weight excluding hydrogens is 290 g/mol. The van der Waals surface area contributed by atoms with Gasteiger partial charge in [0.25, 0.3) is 0 Å². The average molecular weight is 315 g/mol. The summed E-state index contributed by atoms with van der Waals surface area (Å²) in [5, 5.41) is 7.02. The highest BCUT2D eigenvalue weighted by atomic mass is 32.1. The summed E-state index contributed by atoms with van der Waals surface area (Å²) in [6.07, 6.45) is 2.44. The van der Waals surface area contributed by atoms with Crippen molar-refractivity contribution in [3.63, 3.8) is 0 Å². The molecule has 0 aliphatic carbocycles. The number of aromatic nitrogens is 1. The molecule has 1 aliphatic rings. The first kappa shape index (κ1) is 15.7. The van der Waals surface area contributed by atoms with E-state index < -0.39 is 0 Å². The van der Waals surface area contributed by atoms with E-state index in [1.54, 1.807) is 11.3 Å². The number of likely N-dealkylation sites (tertiary alicyclic amines) is 1. The fourth-order valence-corrected chi connectivity index (χ4v) is 3.90. The van der Waals surface area contributed by atoms with Crippen LogP contribution in [0.3, 0.4) is 0 Å². The van der Waals surface area contributed by atoms with Crippen molar-refractivity contribution in [1.29, 1.82) is 0 Å². The summed E-state index contributed by atoms with van der Waals surface area (Å²) in [7, 11) is 0. The second-order valence-corrected chi connectivity index (χ2v) is 7.23. The van der Waals surface area contributed by atoms with Gasteiger partial charge in [0, 0.05) is 42.8 Å². The summed E-state index contributed by atoms with van der Waals surface area (Å²) in [5.41, 5.74) is 2.55. The van der Waals surface area contributed by atoms with Gasteiger partial charge in [-0.2, -0.15) is 0 Å². The maximum Gasteiger partial charge on any atom is 0.107 e. The molecule has 0 radical (unpaired) electrons. The summed E-state index contributed by atoms with van der Waals surface area (Å²) in [6, 6.07) is 12.0. The van der Waals surface area contributed by atoms with Crippen LogP contribution in [0.25, 0.3) is 0 Å². The van der Waals surface area contributed by atoms with Gasteiger partial charge in [0.1, 0.15) is 5.01 Å². The van der Waals surface area contributed by atoms with Gasteiger partial charge < -0.3 is 5.32 Å². The van der Waals surface area contributed by atoms with Crippen molar-refractivity contribution in [3.05, 3.63) is 52.0 Å². The number of thiazole rings is 1. The quantitative estimate of drug-likeness (QED) is 0.914. The molecule has 3 rings (SSSR count). The normalized spacial score (nSPS) is 22.8. The van der Waals surface area contributed by atoms with E-state index in [4.69, 9.17) is 0 Å². The largest absolute Gasteiger partial charge is 0.308 e. The highest BCUT2D eigenvalue weighted by molar-refractivity contribution is 7.09. The molecule has 118 valence electrons. The van der Waals surface area contributed by atoms with Crippen LogP contribution in [0.1, 0.15) is 36.0 Å². The molecule has 1 aliphatic heterocycles. The third kappa shape index (κ3) is 4.15. The summed E-state index contributed by atoms with van der Waals surface area (Å²) in [5.74, 6) is 0. The van der Waals surface area contributed by atoms with Crippen molar-refractivity contribution < 1.29 is 0 Å². The molecule has 0 unspecified atom stereocenters. The Labute approximate surface area is 137 Å². The minimum Gasteiger partial charge on any atom is -0.308 e.